The largest absolute Gasteiger partial charge is 0.248 e. The quantitative estimate of drug-likeness (QED) is 0.697. The number of benzene rings is 1. The van der Waals surface area contributed by atoms with E-state index in [1.807, 2.05) is 0 Å². The van der Waals surface area contributed by atoms with Gasteiger partial charge in [0, 0.05) is 5.39 Å². The van der Waals surface area contributed by atoms with E-state index in [0.29, 0.717) is 5.92 Å². The highest BCUT2D eigenvalue weighted by Crippen LogP contribution is 2.29. The van der Waals surface area contributed by atoms with Crippen molar-refractivity contribution in [1.29, 1.82) is 0 Å². The molecule has 1 aliphatic carbocycles. The lowest BCUT2D eigenvalue weighted by Gasteiger charge is -2.17. The Labute approximate surface area is 109 Å². The second kappa shape index (κ2) is 4.56. The molecule has 0 saturated heterocycles. The molecule has 0 spiro atoms. The maximum atomic E-state index is 4.83. The van der Waals surface area contributed by atoms with Crippen molar-refractivity contribution in [3.05, 3.63) is 47.7 Å². The molecule has 18 heavy (non-hydrogen) atoms. The molecule has 1 aromatic carbocycles. The van der Waals surface area contributed by atoms with E-state index in [0.717, 1.165) is 5.52 Å². The second-order valence-electron chi connectivity index (χ2n) is 5.45. The Hall–Kier alpha value is -1.63. The number of aromatic nitrogens is 1. The van der Waals surface area contributed by atoms with Gasteiger partial charge in [-0.15, -0.1) is 0 Å². The van der Waals surface area contributed by atoms with Crippen molar-refractivity contribution >= 4 is 16.5 Å². The lowest BCUT2D eigenvalue weighted by molar-refractivity contribution is 0.592. The molecule has 1 nitrogen and oxygen atoms in total. The zero-order valence-corrected chi connectivity index (χ0v) is 11.1. The van der Waals surface area contributed by atoms with Crippen molar-refractivity contribution < 1.29 is 0 Å². The molecule has 1 heteroatoms. The van der Waals surface area contributed by atoms with Crippen LogP contribution in [0.1, 0.15) is 37.4 Å². The van der Waals surface area contributed by atoms with Crippen molar-refractivity contribution in [1.82, 2.24) is 4.98 Å². The number of rotatable bonds is 1. The van der Waals surface area contributed by atoms with Gasteiger partial charge in [-0.1, -0.05) is 31.2 Å². The average molecular weight is 237 g/mol. The molecule has 0 aliphatic heterocycles. The third kappa shape index (κ3) is 2.17. The van der Waals surface area contributed by atoms with Crippen LogP contribution < -0.4 is 0 Å². The summed E-state index contributed by atoms with van der Waals surface area (Å²) in [6.07, 6.45) is 6.18. The Morgan fingerprint density at radius 1 is 1.17 bits per heavy atom. The smallest absolute Gasteiger partial charge is 0.0712 e. The van der Waals surface area contributed by atoms with Crippen LogP contribution in [-0.4, -0.2) is 4.98 Å². The van der Waals surface area contributed by atoms with Crippen molar-refractivity contribution in [2.24, 2.45) is 5.92 Å². The first kappa shape index (κ1) is 11.5. The first-order valence-corrected chi connectivity index (χ1v) is 6.81. The van der Waals surface area contributed by atoms with Gasteiger partial charge in [0.15, 0.2) is 0 Å². The summed E-state index contributed by atoms with van der Waals surface area (Å²) in [5.41, 5.74) is 4.99. The zero-order valence-electron chi connectivity index (χ0n) is 11.1. The van der Waals surface area contributed by atoms with Gasteiger partial charge in [-0.05, 0) is 55.4 Å². The molecular weight excluding hydrogens is 218 g/mol. The van der Waals surface area contributed by atoms with Crippen molar-refractivity contribution in [2.75, 3.05) is 0 Å². The van der Waals surface area contributed by atoms with Gasteiger partial charge < -0.3 is 0 Å². The molecule has 1 aromatic heterocycles. The van der Waals surface area contributed by atoms with Crippen molar-refractivity contribution in [2.45, 2.75) is 33.1 Å². The van der Waals surface area contributed by atoms with E-state index in [4.69, 9.17) is 4.98 Å². The van der Waals surface area contributed by atoms with Crippen LogP contribution in [0.2, 0.25) is 0 Å². The highest BCUT2D eigenvalue weighted by atomic mass is 14.7. The molecule has 0 fully saturated rings. The van der Waals surface area contributed by atoms with Crippen LogP contribution in [0.3, 0.4) is 0 Å². The SMILES string of the molecule is Cc1ccc2ccc(C3=CC(C)CCC3)nc2c1. The van der Waals surface area contributed by atoms with E-state index >= 15 is 0 Å². The van der Waals surface area contributed by atoms with Crippen molar-refractivity contribution in [3.63, 3.8) is 0 Å². The second-order valence-corrected chi connectivity index (χ2v) is 5.45. The molecule has 0 radical (unpaired) electrons. The summed E-state index contributed by atoms with van der Waals surface area (Å²) in [5.74, 6) is 0.698. The summed E-state index contributed by atoms with van der Waals surface area (Å²) in [7, 11) is 0. The van der Waals surface area contributed by atoms with Crippen LogP contribution >= 0.6 is 0 Å². The van der Waals surface area contributed by atoms with Crippen LogP contribution in [0, 0.1) is 12.8 Å². The molecule has 1 aliphatic rings. The Morgan fingerprint density at radius 2 is 2.00 bits per heavy atom. The van der Waals surface area contributed by atoms with E-state index < -0.39 is 0 Å². The normalized spacial score (nSPS) is 19.9. The predicted octanol–water partition coefficient (Wildman–Crippen LogP) is 4.75. The maximum absolute atomic E-state index is 4.83. The van der Waals surface area contributed by atoms with Crippen LogP contribution in [0.5, 0.6) is 0 Å². The predicted molar refractivity (Wildman–Crippen MR) is 77.5 cm³/mol. The topological polar surface area (TPSA) is 12.9 Å². The molecule has 0 bridgehead atoms. The van der Waals surface area contributed by atoms with Gasteiger partial charge in [0.2, 0.25) is 0 Å². The lowest BCUT2D eigenvalue weighted by atomic mass is 9.90. The van der Waals surface area contributed by atoms with Crippen LogP contribution in [0.4, 0.5) is 0 Å². The van der Waals surface area contributed by atoms with Gasteiger partial charge in [0.25, 0.3) is 0 Å². The van der Waals surface area contributed by atoms with Gasteiger partial charge in [0.1, 0.15) is 0 Å². The number of aryl methyl sites for hydroxylation is 1. The molecule has 1 atom stereocenters. The standard InChI is InChI=1S/C17H19N/c1-12-4-3-5-15(10-12)16-9-8-14-7-6-13(2)11-17(14)18-16/h6-12H,3-5H2,1-2H3. The molecule has 2 aromatic rings. The van der Waals surface area contributed by atoms with Crippen molar-refractivity contribution in [3.8, 4) is 0 Å². The van der Waals surface area contributed by atoms with Gasteiger partial charge in [-0.2, -0.15) is 0 Å². The Kier molecular flexibility index (Phi) is 2.91. The molecule has 0 saturated carbocycles. The van der Waals surface area contributed by atoms with Gasteiger partial charge in [-0.25, -0.2) is 4.98 Å². The Balaban J connectivity index is 2.07. The summed E-state index contributed by atoms with van der Waals surface area (Å²) in [6.45, 7) is 4.42. The first-order valence-electron chi connectivity index (χ1n) is 6.81. The summed E-state index contributed by atoms with van der Waals surface area (Å²) < 4.78 is 0. The summed E-state index contributed by atoms with van der Waals surface area (Å²) in [4.78, 5) is 4.83. The number of nitrogens with zero attached hydrogens (tertiary/aromatic N) is 1. The third-order valence-corrected chi connectivity index (χ3v) is 3.77. The molecule has 0 amide bonds. The number of hydrogen-bond donors (Lipinski definition) is 0. The molecule has 92 valence electrons. The molecule has 3 rings (SSSR count). The molecule has 1 heterocycles. The van der Waals surface area contributed by atoms with E-state index in [2.05, 4.69) is 50.3 Å². The van der Waals surface area contributed by atoms with Crippen LogP contribution in [-0.2, 0) is 0 Å². The monoisotopic (exact) mass is 237 g/mol. The Bertz CT molecular complexity index is 610. The van der Waals surface area contributed by atoms with E-state index in [9.17, 15) is 0 Å². The number of fused-ring (bicyclic) bond motifs is 1. The van der Waals surface area contributed by atoms with Gasteiger partial charge >= 0.3 is 0 Å². The summed E-state index contributed by atoms with van der Waals surface area (Å²) >= 11 is 0. The number of hydrogen-bond acceptors (Lipinski definition) is 1. The summed E-state index contributed by atoms with van der Waals surface area (Å²) in [5, 5.41) is 1.23. The third-order valence-electron chi connectivity index (χ3n) is 3.77. The number of allylic oxidation sites excluding steroid dienone is 2. The Morgan fingerprint density at radius 3 is 2.83 bits per heavy atom. The molecular formula is C17H19N. The highest BCUT2D eigenvalue weighted by molar-refractivity contribution is 5.81. The first-order chi connectivity index (χ1) is 8.72. The summed E-state index contributed by atoms with van der Waals surface area (Å²) in [6, 6.07) is 10.8. The van der Waals surface area contributed by atoms with Gasteiger partial charge in [-0.3, -0.25) is 0 Å². The molecule has 1 unspecified atom stereocenters. The fraction of sp³-hybridized carbons (Fsp3) is 0.353. The number of pyridine rings is 1. The fourth-order valence-corrected chi connectivity index (χ4v) is 2.74. The minimum atomic E-state index is 0.698. The lowest BCUT2D eigenvalue weighted by Crippen LogP contribution is -2.01. The van der Waals surface area contributed by atoms with Crippen LogP contribution in [0.25, 0.3) is 16.5 Å². The minimum Gasteiger partial charge on any atom is -0.248 e. The zero-order chi connectivity index (χ0) is 12.5. The van der Waals surface area contributed by atoms with E-state index in [-0.39, 0.29) is 0 Å². The average Bonchev–Trinajstić information content (AvgIpc) is 2.38. The maximum Gasteiger partial charge on any atom is 0.0712 e. The minimum absolute atomic E-state index is 0.698. The highest BCUT2D eigenvalue weighted by Gasteiger charge is 2.12. The molecule has 0 N–H and O–H groups in total. The van der Waals surface area contributed by atoms with Crippen LogP contribution in [0.15, 0.2) is 36.4 Å². The van der Waals surface area contributed by atoms with E-state index in [1.54, 1.807) is 0 Å². The fourth-order valence-electron chi connectivity index (χ4n) is 2.74. The van der Waals surface area contributed by atoms with E-state index in [1.165, 1.54) is 41.5 Å². The van der Waals surface area contributed by atoms with Gasteiger partial charge in [0.05, 0.1) is 11.2 Å².